The number of unbranched alkanes of at least 4 members (excludes halogenated alkanes) is 9. The lowest BCUT2D eigenvalue weighted by molar-refractivity contribution is -0.324. The van der Waals surface area contributed by atoms with E-state index < -0.39 is 13.0 Å². The second-order valence-electron chi connectivity index (χ2n) is 10.1. The van der Waals surface area contributed by atoms with Gasteiger partial charge in [0.1, 0.15) is 11.9 Å². The Morgan fingerprint density at radius 3 is 2.19 bits per heavy atom. The summed E-state index contributed by atoms with van der Waals surface area (Å²) in [6, 6.07) is 7.44. The topological polar surface area (TPSA) is 48.0 Å². The third-order valence-electron chi connectivity index (χ3n) is 7.08. The third-order valence-corrected chi connectivity index (χ3v) is 7.08. The molecule has 0 N–H and O–H groups in total. The number of methoxy groups -OCH3 is 1. The fraction of sp³-hybridized carbons (Fsp3) is 0.759. The van der Waals surface area contributed by atoms with E-state index in [1.165, 1.54) is 64.9 Å². The van der Waals surface area contributed by atoms with Gasteiger partial charge in [0.2, 0.25) is 0 Å². The summed E-state index contributed by atoms with van der Waals surface area (Å²) in [7, 11) is 1.42. The molecule has 0 spiro atoms. The Hall–Kier alpha value is -1.80. The number of esters is 1. The number of halogens is 3. The van der Waals surface area contributed by atoms with E-state index in [0.717, 1.165) is 37.9 Å². The second-order valence-corrected chi connectivity index (χ2v) is 10.1. The van der Waals surface area contributed by atoms with E-state index in [0.29, 0.717) is 12.2 Å². The molecule has 1 aliphatic rings. The van der Waals surface area contributed by atoms with Gasteiger partial charge in [0, 0.05) is 25.4 Å². The van der Waals surface area contributed by atoms with E-state index in [1.54, 1.807) is 24.3 Å². The maximum atomic E-state index is 12.2. The predicted molar refractivity (Wildman–Crippen MR) is 140 cm³/mol. The molecule has 5 nitrogen and oxygen atoms in total. The summed E-state index contributed by atoms with van der Waals surface area (Å²) in [5.74, 6) is 0.520. The molecule has 2 unspecified atom stereocenters. The van der Waals surface area contributed by atoms with Gasteiger partial charge in [-0.15, -0.1) is 13.2 Å². The van der Waals surface area contributed by atoms with Crippen LogP contribution in [0.5, 0.6) is 5.75 Å². The number of carbonyl (C=O) groups excluding carboxylic acids is 1. The summed E-state index contributed by atoms with van der Waals surface area (Å²) < 4.78 is 51.4. The second kappa shape index (κ2) is 17.7. The summed E-state index contributed by atoms with van der Waals surface area (Å²) in [5.41, 5.74) is 0.765. The summed E-state index contributed by atoms with van der Waals surface area (Å²) in [6.07, 6.45) is 10.6. The zero-order chi connectivity index (χ0) is 26.9. The number of benzene rings is 1. The Bertz CT molecular complexity index is 742. The molecule has 2 rings (SSSR count). The molecule has 212 valence electrons. The van der Waals surface area contributed by atoms with Crippen molar-refractivity contribution < 1.29 is 32.2 Å². The molecular weight excluding hydrogens is 483 g/mol. The highest BCUT2D eigenvalue weighted by molar-refractivity contribution is 5.69. The zero-order valence-electron chi connectivity index (χ0n) is 22.7. The van der Waals surface area contributed by atoms with Crippen molar-refractivity contribution in [2.24, 2.45) is 0 Å². The number of hydrogen-bond acceptors (Lipinski definition) is 5. The molecular formula is C29H46F3NO4. The maximum Gasteiger partial charge on any atom is 0.522 e. The van der Waals surface area contributed by atoms with E-state index in [2.05, 4.69) is 16.6 Å². The van der Waals surface area contributed by atoms with E-state index in [-0.39, 0.29) is 24.5 Å². The predicted octanol–water partition coefficient (Wildman–Crippen LogP) is 7.46. The van der Waals surface area contributed by atoms with Crippen molar-refractivity contribution in [1.29, 1.82) is 0 Å². The third kappa shape index (κ3) is 14.1. The molecule has 0 saturated carbocycles. The first-order chi connectivity index (χ1) is 17.8. The highest BCUT2D eigenvalue weighted by Gasteiger charge is 2.33. The molecule has 1 aromatic rings. The van der Waals surface area contributed by atoms with E-state index in [4.69, 9.17) is 9.47 Å². The SMILES string of the molecule is CCCCCCCCCCCCN1CC(Oc2ccc(CCOC(F)(F)F)cc2)CC1CCC(=O)OC. The Morgan fingerprint density at radius 1 is 0.973 bits per heavy atom. The van der Waals surface area contributed by atoms with Crippen LogP contribution in [0.3, 0.4) is 0 Å². The Balaban J connectivity index is 1.75. The van der Waals surface area contributed by atoms with Gasteiger partial charge < -0.3 is 9.47 Å². The van der Waals surface area contributed by atoms with Crippen molar-refractivity contribution in [1.82, 2.24) is 4.90 Å². The quantitative estimate of drug-likeness (QED) is 0.137. The number of alkyl halides is 3. The van der Waals surface area contributed by atoms with Gasteiger partial charge in [0.15, 0.2) is 0 Å². The first-order valence-corrected chi connectivity index (χ1v) is 14.1. The zero-order valence-corrected chi connectivity index (χ0v) is 22.7. The van der Waals surface area contributed by atoms with Gasteiger partial charge in [-0.3, -0.25) is 14.4 Å². The van der Waals surface area contributed by atoms with E-state index in [1.807, 2.05) is 0 Å². The molecule has 0 aromatic heterocycles. The molecule has 0 aliphatic carbocycles. The number of nitrogens with zero attached hydrogens (tertiary/aromatic N) is 1. The maximum absolute atomic E-state index is 12.2. The van der Waals surface area contributed by atoms with E-state index >= 15 is 0 Å². The lowest BCUT2D eigenvalue weighted by Gasteiger charge is -2.23. The van der Waals surface area contributed by atoms with Crippen molar-refractivity contribution in [3.63, 3.8) is 0 Å². The van der Waals surface area contributed by atoms with Gasteiger partial charge in [-0.2, -0.15) is 0 Å². The molecule has 8 heteroatoms. The van der Waals surface area contributed by atoms with Gasteiger partial charge >= 0.3 is 12.3 Å². The number of rotatable bonds is 19. The Labute approximate surface area is 221 Å². The highest BCUT2D eigenvalue weighted by atomic mass is 19.4. The molecule has 1 heterocycles. The monoisotopic (exact) mass is 529 g/mol. The lowest BCUT2D eigenvalue weighted by Crippen LogP contribution is -2.31. The summed E-state index contributed by atoms with van der Waals surface area (Å²) in [5, 5.41) is 0. The molecule has 1 aliphatic heterocycles. The Kier molecular flexibility index (Phi) is 15.0. The first-order valence-electron chi connectivity index (χ1n) is 14.1. The van der Waals surface area contributed by atoms with Crippen molar-refractivity contribution >= 4 is 5.97 Å². The van der Waals surface area contributed by atoms with Crippen molar-refractivity contribution in [3.05, 3.63) is 29.8 Å². The first kappa shape index (κ1) is 31.4. The van der Waals surface area contributed by atoms with E-state index in [9.17, 15) is 18.0 Å². The summed E-state index contributed by atoms with van der Waals surface area (Å²) in [6.45, 7) is 3.66. The lowest BCUT2D eigenvalue weighted by atomic mass is 10.1. The minimum atomic E-state index is -4.60. The molecule has 2 atom stereocenters. The minimum absolute atomic E-state index is 0.0187. The fourth-order valence-corrected chi connectivity index (χ4v) is 5.00. The van der Waals surface area contributed by atoms with Crippen molar-refractivity contribution in [3.8, 4) is 5.75 Å². The normalized spacial score (nSPS) is 18.3. The van der Waals surface area contributed by atoms with Crippen LogP contribution < -0.4 is 4.74 Å². The Morgan fingerprint density at radius 2 is 1.59 bits per heavy atom. The minimum Gasteiger partial charge on any atom is -0.489 e. The largest absolute Gasteiger partial charge is 0.522 e. The molecule has 37 heavy (non-hydrogen) atoms. The van der Waals surface area contributed by atoms with Crippen LogP contribution >= 0.6 is 0 Å². The number of carbonyl (C=O) groups is 1. The van der Waals surface area contributed by atoms with Crippen LogP contribution in [0.4, 0.5) is 13.2 Å². The molecule has 1 aromatic carbocycles. The van der Waals surface area contributed by atoms with Crippen LogP contribution in [-0.2, 0) is 20.7 Å². The van der Waals surface area contributed by atoms with Crippen molar-refractivity contribution in [2.75, 3.05) is 26.8 Å². The standard InChI is InChI=1S/C29H46F3NO4/c1-3-4-5-6-7-8-9-10-11-12-20-33-23-27(22-25(33)15-18-28(34)35-2)37-26-16-13-24(14-17-26)19-21-36-29(30,31)32/h13-14,16-17,25,27H,3-12,15,18-23H2,1-2H3. The highest BCUT2D eigenvalue weighted by Crippen LogP contribution is 2.27. The van der Waals surface area contributed by atoms with Gasteiger partial charge in [-0.25, -0.2) is 0 Å². The van der Waals surface area contributed by atoms with Crippen LogP contribution in [-0.4, -0.2) is 56.2 Å². The van der Waals surface area contributed by atoms with Gasteiger partial charge in [-0.1, -0.05) is 76.8 Å². The van der Waals surface area contributed by atoms with Crippen LogP contribution in [0, 0.1) is 0 Å². The fourth-order valence-electron chi connectivity index (χ4n) is 5.00. The molecule has 1 saturated heterocycles. The number of hydrogen-bond donors (Lipinski definition) is 0. The van der Waals surface area contributed by atoms with Gasteiger partial charge in [-0.05, 0) is 43.5 Å². The van der Waals surface area contributed by atoms with Crippen molar-refractivity contribution in [2.45, 2.75) is 115 Å². The molecule has 0 bridgehead atoms. The summed E-state index contributed by atoms with van der Waals surface area (Å²) in [4.78, 5) is 14.2. The van der Waals surface area contributed by atoms with Crippen LogP contribution in [0.15, 0.2) is 24.3 Å². The van der Waals surface area contributed by atoms with Crippen LogP contribution in [0.1, 0.15) is 96.0 Å². The summed E-state index contributed by atoms with van der Waals surface area (Å²) >= 11 is 0. The van der Waals surface area contributed by atoms with Crippen LogP contribution in [0.2, 0.25) is 0 Å². The molecule has 1 fully saturated rings. The van der Waals surface area contributed by atoms with Gasteiger partial charge in [0.25, 0.3) is 0 Å². The number of likely N-dealkylation sites (tertiary alicyclic amines) is 1. The smallest absolute Gasteiger partial charge is 0.489 e. The molecule has 0 radical (unpaired) electrons. The number of ether oxygens (including phenoxy) is 3. The average molecular weight is 530 g/mol. The average Bonchev–Trinajstić information content (AvgIpc) is 3.25. The van der Waals surface area contributed by atoms with Gasteiger partial charge in [0.05, 0.1) is 13.7 Å². The molecule has 0 amide bonds. The van der Waals surface area contributed by atoms with Crippen LogP contribution in [0.25, 0.3) is 0 Å².